The Labute approximate surface area is 120 Å². The van der Waals surface area contributed by atoms with Crippen molar-refractivity contribution in [3.63, 3.8) is 0 Å². The van der Waals surface area contributed by atoms with Crippen LogP contribution in [-0.2, 0) is 6.54 Å². The zero-order valence-electron chi connectivity index (χ0n) is 12.4. The molecule has 0 fully saturated rings. The molecule has 0 amide bonds. The average molecular weight is 270 g/mol. The Morgan fingerprint density at radius 2 is 1.90 bits per heavy atom. The fourth-order valence-corrected chi connectivity index (χ4v) is 2.07. The van der Waals surface area contributed by atoms with Gasteiger partial charge in [-0.15, -0.1) is 0 Å². The van der Waals surface area contributed by atoms with Crippen molar-refractivity contribution >= 4 is 11.6 Å². The summed E-state index contributed by atoms with van der Waals surface area (Å²) in [5, 5.41) is 3.21. The van der Waals surface area contributed by atoms with Crippen LogP contribution >= 0.6 is 0 Å². The molecule has 0 spiro atoms. The highest BCUT2D eigenvalue weighted by atomic mass is 15.2. The molecule has 2 aromatic rings. The maximum atomic E-state index is 4.63. The summed E-state index contributed by atoms with van der Waals surface area (Å²) in [6.07, 6.45) is 3.58. The minimum atomic E-state index is 0.362. The molecule has 106 valence electrons. The van der Waals surface area contributed by atoms with Gasteiger partial charge in [0.25, 0.3) is 0 Å². The van der Waals surface area contributed by atoms with E-state index in [1.807, 2.05) is 12.3 Å². The van der Waals surface area contributed by atoms with Crippen molar-refractivity contribution in [3.8, 4) is 0 Å². The molecular weight excluding hydrogens is 248 g/mol. The first-order valence-electron chi connectivity index (χ1n) is 7.07. The highest BCUT2D eigenvalue weighted by Gasteiger charge is 2.13. The van der Waals surface area contributed by atoms with Gasteiger partial charge < -0.3 is 10.2 Å². The van der Waals surface area contributed by atoms with Crippen LogP contribution in [0.5, 0.6) is 0 Å². The van der Waals surface area contributed by atoms with Crippen LogP contribution in [0.4, 0.5) is 11.6 Å². The molecule has 0 bridgehead atoms. The van der Waals surface area contributed by atoms with Crippen molar-refractivity contribution in [2.45, 2.75) is 33.4 Å². The molecule has 1 N–H and O–H groups in total. The van der Waals surface area contributed by atoms with Crippen molar-refractivity contribution in [3.05, 3.63) is 48.3 Å². The summed E-state index contributed by atoms with van der Waals surface area (Å²) in [4.78, 5) is 11.2. The lowest BCUT2D eigenvalue weighted by atomic mass is 10.2. The Morgan fingerprint density at radius 3 is 2.55 bits per heavy atom. The molecule has 2 rings (SSSR count). The fraction of sp³-hybridized carbons (Fsp3) is 0.375. The lowest BCUT2D eigenvalue weighted by Gasteiger charge is -2.28. The molecule has 0 aliphatic rings. The summed E-state index contributed by atoms with van der Waals surface area (Å²) in [5.74, 6) is 1.73. The van der Waals surface area contributed by atoms with Gasteiger partial charge in [0.2, 0.25) is 0 Å². The van der Waals surface area contributed by atoms with E-state index < -0.39 is 0 Å². The van der Waals surface area contributed by atoms with Gasteiger partial charge in [-0.05, 0) is 26.3 Å². The molecule has 1 aromatic heterocycles. The number of aromatic nitrogens is 2. The van der Waals surface area contributed by atoms with Gasteiger partial charge in [-0.1, -0.05) is 30.3 Å². The Balaban J connectivity index is 2.22. The monoisotopic (exact) mass is 270 g/mol. The van der Waals surface area contributed by atoms with Gasteiger partial charge in [0.05, 0.1) is 12.4 Å². The standard InChI is InChI=1S/C16H22N4/c1-4-18-15-10-17-11-16(19-15)20(13(2)3)12-14-8-6-5-7-9-14/h5-11,13H,4,12H2,1-3H3,(H,18,19). The molecule has 0 atom stereocenters. The summed E-state index contributed by atoms with van der Waals surface area (Å²) in [7, 11) is 0. The molecule has 0 saturated carbocycles. The van der Waals surface area contributed by atoms with E-state index in [2.05, 4.69) is 65.2 Å². The van der Waals surface area contributed by atoms with E-state index in [-0.39, 0.29) is 0 Å². The molecule has 4 nitrogen and oxygen atoms in total. The van der Waals surface area contributed by atoms with Crippen LogP contribution in [0.1, 0.15) is 26.3 Å². The molecule has 0 saturated heterocycles. The SMILES string of the molecule is CCNc1cncc(N(Cc2ccccc2)C(C)C)n1. The molecule has 0 radical (unpaired) electrons. The third kappa shape index (κ3) is 3.70. The maximum Gasteiger partial charge on any atom is 0.150 e. The van der Waals surface area contributed by atoms with Crippen LogP contribution < -0.4 is 10.2 Å². The van der Waals surface area contributed by atoms with Gasteiger partial charge in [-0.3, -0.25) is 4.98 Å². The molecule has 20 heavy (non-hydrogen) atoms. The quantitative estimate of drug-likeness (QED) is 0.874. The summed E-state index contributed by atoms with van der Waals surface area (Å²) in [5.41, 5.74) is 1.27. The van der Waals surface area contributed by atoms with Gasteiger partial charge >= 0.3 is 0 Å². The van der Waals surface area contributed by atoms with Crippen LogP contribution in [0.15, 0.2) is 42.7 Å². The predicted octanol–water partition coefficient (Wildman–Crippen LogP) is 3.32. The number of nitrogens with one attached hydrogen (secondary N) is 1. The third-order valence-electron chi connectivity index (χ3n) is 3.09. The second-order valence-corrected chi connectivity index (χ2v) is 5.00. The molecule has 1 aromatic carbocycles. The van der Waals surface area contributed by atoms with E-state index in [1.165, 1.54) is 5.56 Å². The van der Waals surface area contributed by atoms with E-state index in [0.717, 1.165) is 24.7 Å². The third-order valence-corrected chi connectivity index (χ3v) is 3.09. The number of rotatable bonds is 6. The summed E-state index contributed by atoms with van der Waals surface area (Å²) in [6, 6.07) is 10.8. The van der Waals surface area contributed by atoms with E-state index in [1.54, 1.807) is 6.20 Å². The minimum absolute atomic E-state index is 0.362. The second-order valence-electron chi connectivity index (χ2n) is 5.00. The normalized spacial score (nSPS) is 10.6. The molecule has 0 aliphatic heterocycles. The number of benzene rings is 1. The predicted molar refractivity (Wildman–Crippen MR) is 84.0 cm³/mol. The minimum Gasteiger partial charge on any atom is -0.369 e. The Kier molecular flexibility index (Phi) is 4.93. The smallest absolute Gasteiger partial charge is 0.150 e. The van der Waals surface area contributed by atoms with E-state index in [0.29, 0.717) is 6.04 Å². The zero-order chi connectivity index (χ0) is 14.4. The topological polar surface area (TPSA) is 41.1 Å². The van der Waals surface area contributed by atoms with Crippen molar-refractivity contribution in [2.24, 2.45) is 0 Å². The van der Waals surface area contributed by atoms with Crippen molar-refractivity contribution in [2.75, 3.05) is 16.8 Å². The average Bonchev–Trinajstić information content (AvgIpc) is 2.46. The van der Waals surface area contributed by atoms with Crippen molar-refractivity contribution < 1.29 is 0 Å². The summed E-state index contributed by atoms with van der Waals surface area (Å²) < 4.78 is 0. The van der Waals surface area contributed by atoms with E-state index in [9.17, 15) is 0 Å². The molecule has 0 aliphatic carbocycles. The highest BCUT2D eigenvalue weighted by molar-refractivity contribution is 5.45. The van der Waals surface area contributed by atoms with Gasteiger partial charge in [0.15, 0.2) is 0 Å². The van der Waals surface area contributed by atoms with Crippen LogP contribution in [0.2, 0.25) is 0 Å². The second kappa shape index (κ2) is 6.89. The van der Waals surface area contributed by atoms with E-state index >= 15 is 0 Å². The largest absolute Gasteiger partial charge is 0.369 e. The first-order chi connectivity index (χ1) is 9.70. The number of hydrogen-bond donors (Lipinski definition) is 1. The van der Waals surface area contributed by atoms with Crippen LogP contribution in [0.25, 0.3) is 0 Å². The Morgan fingerprint density at radius 1 is 1.15 bits per heavy atom. The maximum absolute atomic E-state index is 4.63. The first kappa shape index (κ1) is 14.3. The number of hydrogen-bond acceptors (Lipinski definition) is 4. The lowest BCUT2D eigenvalue weighted by Crippen LogP contribution is -2.31. The molecule has 4 heteroatoms. The summed E-state index contributed by atoms with van der Waals surface area (Å²) >= 11 is 0. The number of nitrogens with zero attached hydrogens (tertiary/aromatic N) is 3. The number of anilines is 2. The van der Waals surface area contributed by atoms with E-state index in [4.69, 9.17) is 0 Å². The summed E-state index contributed by atoms with van der Waals surface area (Å²) in [6.45, 7) is 8.08. The first-order valence-corrected chi connectivity index (χ1v) is 7.07. The van der Waals surface area contributed by atoms with Crippen LogP contribution in [0, 0.1) is 0 Å². The fourth-order valence-electron chi connectivity index (χ4n) is 2.07. The highest BCUT2D eigenvalue weighted by Crippen LogP contribution is 2.18. The van der Waals surface area contributed by atoms with Crippen LogP contribution in [-0.4, -0.2) is 22.6 Å². The van der Waals surface area contributed by atoms with Gasteiger partial charge in [-0.25, -0.2) is 4.98 Å². The van der Waals surface area contributed by atoms with Gasteiger partial charge in [0, 0.05) is 19.1 Å². The van der Waals surface area contributed by atoms with Gasteiger partial charge in [-0.2, -0.15) is 0 Å². The van der Waals surface area contributed by atoms with Crippen molar-refractivity contribution in [1.82, 2.24) is 9.97 Å². The molecule has 0 unspecified atom stereocenters. The van der Waals surface area contributed by atoms with Gasteiger partial charge in [0.1, 0.15) is 11.6 Å². The van der Waals surface area contributed by atoms with Crippen molar-refractivity contribution in [1.29, 1.82) is 0 Å². The Hall–Kier alpha value is -2.10. The molecule has 1 heterocycles. The lowest BCUT2D eigenvalue weighted by molar-refractivity contribution is 0.671. The van der Waals surface area contributed by atoms with Crippen LogP contribution in [0.3, 0.4) is 0 Å². The Bertz CT molecular complexity index is 525. The molecular formula is C16H22N4. The zero-order valence-corrected chi connectivity index (χ0v) is 12.4.